The van der Waals surface area contributed by atoms with Crippen molar-refractivity contribution in [3.05, 3.63) is 40.2 Å². The number of carbonyl (C=O) groups excluding carboxylic acids is 3. The number of phenols is 1. The highest BCUT2D eigenvalue weighted by atomic mass is 32.2. The summed E-state index contributed by atoms with van der Waals surface area (Å²) in [5.41, 5.74) is 3.15. The number of phenolic OH excluding ortho intramolecular Hbond substituents is 1. The van der Waals surface area contributed by atoms with E-state index in [1.165, 1.54) is 11.0 Å². The number of aliphatic hydroxyl groups excluding tert-OH is 2. The van der Waals surface area contributed by atoms with Crippen LogP contribution in [0.5, 0.6) is 5.75 Å². The number of primary amides is 1. The van der Waals surface area contributed by atoms with Crippen LogP contribution >= 0.6 is 0 Å². The van der Waals surface area contributed by atoms with Gasteiger partial charge in [0, 0.05) is 31.3 Å². The van der Waals surface area contributed by atoms with Gasteiger partial charge in [0.05, 0.1) is 17.9 Å². The van der Waals surface area contributed by atoms with Gasteiger partial charge in [-0.15, -0.1) is 0 Å². The van der Waals surface area contributed by atoms with E-state index < -0.39 is 68.2 Å². The van der Waals surface area contributed by atoms with Gasteiger partial charge in [0.25, 0.3) is 16.0 Å². The summed E-state index contributed by atoms with van der Waals surface area (Å²) in [7, 11) is 3.08. The first kappa shape index (κ1) is 29.1. The molecule has 0 bridgehead atoms. The maximum absolute atomic E-state index is 13.7. The third-order valence-electron chi connectivity index (χ3n) is 7.06. The highest BCUT2D eigenvalue weighted by Gasteiger charge is 2.64. The Morgan fingerprint density at radius 3 is 2.13 bits per heavy atom. The van der Waals surface area contributed by atoms with Gasteiger partial charge in [-0.3, -0.25) is 23.8 Å². The highest BCUT2D eigenvalue weighted by molar-refractivity contribution is 7.85. The highest BCUT2D eigenvalue weighted by Crippen LogP contribution is 2.53. The first-order valence-corrected chi connectivity index (χ1v) is 13.3. The van der Waals surface area contributed by atoms with Gasteiger partial charge < -0.3 is 31.1 Å². The van der Waals surface area contributed by atoms with E-state index in [-0.39, 0.29) is 29.7 Å². The lowest BCUT2D eigenvalue weighted by molar-refractivity contribution is -0.153. The van der Waals surface area contributed by atoms with Crippen molar-refractivity contribution in [1.82, 2.24) is 4.90 Å². The fourth-order valence-corrected chi connectivity index (χ4v) is 5.65. The van der Waals surface area contributed by atoms with Crippen LogP contribution in [-0.4, -0.2) is 102 Å². The van der Waals surface area contributed by atoms with Crippen LogP contribution in [0.1, 0.15) is 17.5 Å². The second-order valence-electron chi connectivity index (χ2n) is 10.0. The number of hydrogen-bond acceptors (Lipinski definition) is 11. The molecule has 4 atom stereocenters. The molecule has 0 spiro atoms. The number of aromatic hydroxyl groups is 1. The number of Topliss-reactive ketones (excluding diaryl/α,β-unsaturated/α-hetero) is 2. The molecule has 14 heteroatoms. The molecular formula is C24H31N3O10S. The molecule has 38 heavy (non-hydrogen) atoms. The Bertz CT molecular complexity index is 1390. The maximum atomic E-state index is 13.7. The molecule has 1 amide bonds. The van der Waals surface area contributed by atoms with E-state index in [1.807, 2.05) is 19.0 Å². The third-order valence-corrected chi connectivity index (χ3v) is 7.06. The summed E-state index contributed by atoms with van der Waals surface area (Å²) in [6.07, 6.45) is 1.04. The van der Waals surface area contributed by atoms with E-state index in [2.05, 4.69) is 0 Å². The average molecular weight is 554 g/mol. The molecule has 1 fully saturated rings. The molecule has 3 aliphatic rings. The standard InChI is InChI=1S/C23H27N3O7.CH4O3S/c1-25(2)12-5-6-13(27)15-10(12)7-9-8-11-17(26(3)4)19(29)16(22(24)32)21(31)23(11,33)20(30)14(9)18(15)28;1-5(2,3)4/h5-6,9,11,17,27-28,31,33H,7-8H2,1-4H3,(H2,24,32);1H3,(H,2,3,4)/t9-,11-,17-,23-;/m0./s1. The smallest absolute Gasteiger partial charge is 0.261 e. The molecule has 1 saturated carbocycles. The van der Waals surface area contributed by atoms with Crippen molar-refractivity contribution in [2.45, 2.75) is 24.5 Å². The first-order valence-electron chi connectivity index (χ1n) is 11.4. The van der Waals surface area contributed by atoms with Crippen LogP contribution in [0.4, 0.5) is 5.69 Å². The average Bonchev–Trinajstić information content (AvgIpc) is 2.74. The summed E-state index contributed by atoms with van der Waals surface area (Å²) in [4.78, 5) is 42.0. The number of amides is 1. The summed E-state index contributed by atoms with van der Waals surface area (Å²) in [5.74, 6) is -6.54. The van der Waals surface area contributed by atoms with Gasteiger partial charge in [0.2, 0.25) is 5.78 Å². The number of ketones is 2. The van der Waals surface area contributed by atoms with Crippen LogP contribution in [0.15, 0.2) is 29.0 Å². The molecule has 0 aliphatic heterocycles. The quantitative estimate of drug-likeness (QED) is 0.207. The van der Waals surface area contributed by atoms with Crippen molar-refractivity contribution in [1.29, 1.82) is 0 Å². The van der Waals surface area contributed by atoms with E-state index >= 15 is 0 Å². The second-order valence-corrected chi connectivity index (χ2v) is 11.5. The number of likely N-dealkylation sites (N-methyl/N-ethyl adjacent to an activating group) is 1. The Morgan fingerprint density at radius 1 is 1.11 bits per heavy atom. The Kier molecular flexibility index (Phi) is 7.42. The summed E-state index contributed by atoms with van der Waals surface area (Å²) in [6, 6.07) is 2.01. The number of benzene rings is 1. The Hall–Kier alpha value is -3.46. The predicted molar refractivity (Wildman–Crippen MR) is 136 cm³/mol. The van der Waals surface area contributed by atoms with Gasteiger partial charge in [-0.25, -0.2) is 0 Å². The monoisotopic (exact) mass is 553 g/mol. The first-order chi connectivity index (χ1) is 17.3. The van der Waals surface area contributed by atoms with E-state index in [9.17, 15) is 43.2 Å². The van der Waals surface area contributed by atoms with Crippen molar-refractivity contribution < 1.29 is 47.8 Å². The minimum absolute atomic E-state index is 0.0638. The lowest BCUT2D eigenvalue weighted by Gasteiger charge is -2.50. The summed E-state index contributed by atoms with van der Waals surface area (Å²) in [6.45, 7) is 0. The Morgan fingerprint density at radius 2 is 1.66 bits per heavy atom. The van der Waals surface area contributed by atoms with Crippen LogP contribution in [0, 0.1) is 11.8 Å². The van der Waals surface area contributed by atoms with Crippen molar-refractivity contribution in [3.63, 3.8) is 0 Å². The van der Waals surface area contributed by atoms with E-state index in [0.717, 1.165) is 5.69 Å². The van der Waals surface area contributed by atoms with Gasteiger partial charge in [0.15, 0.2) is 11.4 Å². The summed E-state index contributed by atoms with van der Waals surface area (Å²) in [5, 5.41) is 43.9. The Balaban J connectivity index is 0.000000732. The van der Waals surface area contributed by atoms with E-state index in [1.54, 1.807) is 20.2 Å². The largest absolute Gasteiger partial charge is 0.508 e. The molecule has 0 radical (unpaired) electrons. The zero-order valence-electron chi connectivity index (χ0n) is 21.5. The molecule has 208 valence electrons. The van der Waals surface area contributed by atoms with Gasteiger partial charge in [0.1, 0.15) is 22.8 Å². The maximum Gasteiger partial charge on any atom is 0.261 e. The normalized spacial score (nSPS) is 26.8. The van der Waals surface area contributed by atoms with Crippen LogP contribution in [0.2, 0.25) is 0 Å². The number of fused-ring (bicyclic) bond motifs is 3. The zero-order valence-corrected chi connectivity index (χ0v) is 22.3. The fraction of sp³-hybridized carbons (Fsp3) is 0.458. The number of carbonyl (C=O) groups is 3. The molecule has 7 N–H and O–H groups in total. The second kappa shape index (κ2) is 9.69. The van der Waals surface area contributed by atoms with Crippen LogP contribution in [0.3, 0.4) is 0 Å². The molecule has 0 heterocycles. The summed E-state index contributed by atoms with van der Waals surface area (Å²) < 4.78 is 25.9. The van der Waals surface area contributed by atoms with Gasteiger partial charge in [-0.2, -0.15) is 8.42 Å². The molecule has 1 aromatic rings. The minimum atomic E-state index is -3.67. The molecular weight excluding hydrogens is 522 g/mol. The predicted octanol–water partition coefficient (Wildman–Crippen LogP) is -0.466. The van der Waals surface area contributed by atoms with Crippen molar-refractivity contribution in [3.8, 4) is 5.75 Å². The number of rotatable bonds is 3. The molecule has 0 aromatic heterocycles. The van der Waals surface area contributed by atoms with Crippen molar-refractivity contribution in [2.24, 2.45) is 17.6 Å². The van der Waals surface area contributed by atoms with Crippen molar-refractivity contribution >= 4 is 39.0 Å². The fourth-order valence-electron chi connectivity index (χ4n) is 5.65. The molecule has 13 nitrogen and oxygen atoms in total. The molecule has 0 unspecified atom stereocenters. The van der Waals surface area contributed by atoms with Crippen LogP contribution in [0.25, 0.3) is 5.76 Å². The molecule has 3 aliphatic carbocycles. The number of aliphatic hydroxyl groups is 3. The van der Waals surface area contributed by atoms with Crippen molar-refractivity contribution in [2.75, 3.05) is 39.3 Å². The minimum Gasteiger partial charge on any atom is -0.508 e. The number of hydrogen-bond donors (Lipinski definition) is 6. The SMILES string of the molecule is CN(C)c1ccc(O)c2c1C[C@H]1C[C@H]3[C@H](N(C)C)C(=O)C(C(N)=O)=C(O)[C@@]3(O)C(=O)C1=C2O.CS(=O)(=O)O. The van der Waals surface area contributed by atoms with Gasteiger partial charge in [-0.1, -0.05) is 0 Å². The Labute approximate surface area is 219 Å². The van der Waals surface area contributed by atoms with E-state index in [0.29, 0.717) is 11.8 Å². The van der Waals surface area contributed by atoms with E-state index in [4.69, 9.17) is 10.3 Å². The number of nitrogens with zero attached hydrogens (tertiary/aromatic N) is 2. The third kappa shape index (κ3) is 4.64. The molecule has 4 rings (SSSR count). The topological polar surface area (TPSA) is 219 Å². The van der Waals surface area contributed by atoms with Gasteiger partial charge in [-0.05, 0) is 50.6 Å². The number of anilines is 1. The van der Waals surface area contributed by atoms with Crippen LogP contribution in [-0.2, 0) is 30.9 Å². The molecule has 0 saturated heterocycles. The van der Waals surface area contributed by atoms with Crippen LogP contribution < -0.4 is 10.6 Å². The molecule has 1 aromatic carbocycles. The lowest BCUT2D eigenvalue weighted by atomic mass is 9.57. The van der Waals surface area contributed by atoms with Gasteiger partial charge >= 0.3 is 0 Å². The summed E-state index contributed by atoms with van der Waals surface area (Å²) >= 11 is 0. The zero-order chi connectivity index (χ0) is 29.1. The lowest BCUT2D eigenvalue weighted by Crippen LogP contribution is -2.65. The number of nitrogens with two attached hydrogens (primary N) is 1.